The van der Waals surface area contributed by atoms with Crippen molar-refractivity contribution in [2.24, 2.45) is 5.14 Å². The SMILES string of the molecule is NS(=O)(=O)Oc1ccc(-c2ccc(O)c([N+](=O)[O-])c2)cc1[N+](=O)[O-]. The lowest BCUT2D eigenvalue weighted by molar-refractivity contribution is -0.386. The number of benzene rings is 2. The van der Waals surface area contributed by atoms with E-state index in [-0.39, 0.29) is 11.1 Å². The van der Waals surface area contributed by atoms with Gasteiger partial charge in [0.15, 0.2) is 5.75 Å². The van der Waals surface area contributed by atoms with Gasteiger partial charge in [0.05, 0.1) is 9.85 Å². The van der Waals surface area contributed by atoms with Gasteiger partial charge in [0.1, 0.15) is 0 Å². The Labute approximate surface area is 134 Å². The second-order valence-corrected chi connectivity index (χ2v) is 5.63. The molecule has 0 aliphatic carbocycles. The van der Waals surface area contributed by atoms with Crippen LogP contribution in [0.4, 0.5) is 11.4 Å². The molecule has 24 heavy (non-hydrogen) atoms. The van der Waals surface area contributed by atoms with Crippen molar-refractivity contribution in [2.45, 2.75) is 0 Å². The van der Waals surface area contributed by atoms with Crippen molar-refractivity contribution in [1.82, 2.24) is 0 Å². The minimum Gasteiger partial charge on any atom is -0.502 e. The van der Waals surface area contributed by atoms with Crippen LogP contribution in [0.5, 0.6) is 11.5 Å². The normalized spacial score (nSPS) is 11.0. The molecule has 0 spiro atoms. The molecule has 0 aliphatic rings. The summed E-state index contributed by atoms with van der Waals surface area (Å²) in [6.07, 6.45) is 0. The summed E-state index contributed by atoms with van der Waals surface area (Å²) in [6.45, 7) is 0. The Bertz CT molecular complexity index is 941. The van der Waals surface area contributed by atoms with Crippen molar-refractivity contribution in [3.63, 3.8) is 0 Å². The van der Waals surface area contributed by atoms with Gasteiger partial charge in [-0.2, -0.15) is 13.6 Å². The molecule has 2 rings (SSSR count). The van der Waals surface area contributed by atoms with Gasteiger partial charge in [0.2, 0.25) is 5.75 Å². The van der Waals surface area contributed by atoms with Crippen LogP contribution in [-0.2, 0) is 10.3 Å². The van der Waals surface area contributed by atoms with Gasteiger partial charge < -0.3 is 9.29 Å². The van der Waals surface area contributed by atoms with Gasteiger partial charge in [-0.25, -0.2) is 0 Å². The molecule has 0 radical (unpaired) electrons. The van der Waals surface area contributed by atoms with E-state index in [1.54, 1.807) is 0 Å². The molecule has 0 amide bonds. The fraction of sp³-hybridized carbons (Fsp3) is 0. The first-order chi connectivity index (χ1) is 11.1. The van der Waals surface area contributed by atoms with Gasteiger partial charge in [-0.15, -0.1) is 0 Å². The molecule has 0 fully saturated rings. The molecular weight excluding hydrogens is 346 g/mol. The highest BCUT2D eigenvalue weighted by atomic mass is 32.2. The average Bonchev–Trinajstić information content (AvgIpc) is 2.46. The van der Waals surface area contributed by atoms with E-state index in [0.717, 1.165) is 24.3 Å². The van der Waals surface area contributed by atoms with Crippen LogP contribution in [0.3, 0.4) is 0 Å². The number of rotatable bonds is 5. The summed E-state index contributed by atoms with van der Waals surface area (Å²) in [4.78, 5) is 20.2. The number of nitro benzene ring substituents is 2. The predicted octanol–water partition coefficient (Wildman–Crippen LogP) is 1.46. The maximum Gasteiger partial charge on any atom is 0.380 e. The third-order valence-electron chi connectivity index (χ3n) is 2.87. The number of phenolic OH excluding ortho intramolecular Hbond substituents is 1. The van der Waals surface area contributed by atoms with Crippen LogP contribution in [-0.4, -0.2) is 23.4 Å². The fourth-order valence-corrected chi connectivity index (χ4v) is 2.28. The molecule has 0 atom stereocenters. The van der Waals surface area contributed by atoms with Crippen molar-refractivity contribution in [3.05, 3.63) is 56.6 Å². The number of nitrogens with two attached hydrogens (primary N) is 1. The Morgan fingerprint density at radius 3 is 1.96 bits per heavy atom. The molecule has 0 aromatic heterocycles. The van der Waals surface area contributed by atoms with Gasteiger partial charge in [-0.1, -0.05) is 12.1 Å². The number of nitrogens with zero attached hydrogens (tertiary/aromatic N) is 2. The first-order valence-electron chi connectivity index (χ1n) is 6.07. The minimum absolute atomic E-state index is 0.173. The zero-order valence-corrected chi connectivity index (χ0v) is 12.5. The Morgan fingerprint density at radius 1 is 0.958 bits per heavy atom. The van der Waals surface area contributed by atoms with Gasteiger partial charge in [0.25, 0.3) is 0 Å². The van der Waals surface area contributed by atoms with E-state index in [1.807, 2.05) is 0 Å². The number of hydrogen-bond donors (Lipinski definition) is 2. The lowest BCUT2D eigenvalue weighted by Gasteiger charge is -2.07. The van der Waals surface area contributed by atoms with Crippen LogP contribution in [0.15, 0.2) is 36.4 Å². The second-order valence-electron chi connectivity index (χ2n) is 4.48. The molecule has 12 heteroatoms. The molecule has 0 heterocycles. The maximum absolute atomic E-state index is 11.1. The third-order valence-corrected chi connectivity index (χ3v) is 3.28. The van der Waals surface area contributed by atoms with Gasteiger partial charge >= 0.3 is 21.7 Å². The summed E-state index contributed by atoms with van der Waals surface area (Å²) in [5.74, 6) is -1.16. The standard InChI is InChI=1S/C12H9N3O8S/c13-24(21,22)23-12-4-2-8(6-10(12)15(19)20)7-1-3-11(16)9(5-7)14(17)18/h1-6,16H,(H2,13,21,22). The molecule has 2 aromatic carbocycles. The van der Waals surface area contributed by atoms with Crippen molar-refractivity contribution >= 4 is 21.7 Å². The van der Waals surface area contributed by atoms with Crippen LogP contribution in [0.25, 0.3) is 11.1 Å². The van der Waals surface area contributed by atoms with E-state index < -0.39 is 43.0 Å². The van der Waals surface area contributed by atoms with Gasteiger partial charge in [-0.3, -0.25) is 20.2 Å². The van der Waals surface area contributed by atoms with Crippen molar-refractivity contribution < 1.29 is 27.6 Å². The molecule has 0 bridgehead atoms. The monoisotopic (exact) mass is 355 g/mol. The fourth-order valence-electron chi connectivity index (χ4n) is 1.88. The van der Waals surface area contributed by atoms with Gasteiger partial charge in [0, 0.05) is 12.1 Å². The molecule has 0 saturated heterocycles. The molecule has 2 aromatic rings. The molecule has 0 unspecified atom stereocenters. The Balaban J connectivity index is 2.57. The van der Waals surface area contributed by atoms with E-state index in [2.05, 4.69) is 9.32 Å². The van der Waals surface area contributed by atoms with Crippen molar-refractivity contribution in [1.29, 1.82) is 0 Å². The number of aromatic hydroxyl groups is 1. The third kappa shape index (κ3) is 3.74. The summed E-state index contributed by atoms with van der Waals surface area (Å²) < 4.78 is 26.2. The van der Waals surface area contributed by atoms with Crippen molar-refractivity contribution in [3.8, 4) is 22.6 Å². The van der Waals surface area contributed by atoms with Gasteiger partial charge in [-0.05, 0) is 23.3 Å². The van der Waals surface area contributed by atoms with Crippen LogP contribution >= 0.6 is 0 Å². The Morgan fingerprint density at radius 2 is 1.46 bits per heavy atom. The van der Waals surface area contributed by atoms with Crippen molar-refractivity contribution in [2.75, 3.05) is 0 Å². The molecule has 3 N–H and O–H groups in total. The number of phenols is 1. The highest BCUT2D eigenvalue weighted by molar-refractivity contribution is 7.84. The number of hydrogen-bond acceptors (Lipinski definition) is 8. The summed E-state index contributed by atoms with van der Waals surface area (Å²) in [5.41, 5.74) is -0.909. The first kappa shape index (κ1) is 17.1. The average molecular weight is 355 g/mol. The minimum atomic E-state index is -4.46. The van der Waals surface area contributed by atoms with Crippen LogP contribution in [0.2, 0.25) is 0 Å². The lowest BCUT2D eigenvalue weighted by Crippen LogP contribution is -2.19. The first-order valence-corrected chi connectivity index (χ1v) is 7.54. The number of nitro groups is 2. The summed E-state index contributed by atoms with van der Waals surface area (Å²) in [5, 5.41) is 36.0. The lowest BCUT2D eigenvalue weighted by atomic mass is 10.0. The highest BCUT2D eigenvalue weighted by Gasteiger charge is 2.21. The molecule has 0 aliphatic heterocycles. The van der Waals surface area contributed by atoms with Crippen LogP contribution < -0.4 is 9.32 Å². The molecule has 0 saturated carbocycles. The van der Waals surface area contributed by atoms with Crippen LogP contribution in [0.1, 0.15) is 0 Å². The molecular formula is C12H9N3O8S. The second kappa shape index (κ2) is 6.10. The maximum atomic E-state index is 11.1. The smallest absolute Gasteiger partial charge is 0.380 e. The largest absolute Gasteiger partial charge is 0.502 e. The zero-order valence-electron chi connectivity index (χ0n) is 11.6. The molecule has 126 valence electrons. The van der Waals surface area contributed by atoms with E-state index in [9.17, 15) is 33.8 Å². The Kier molecular flexibility index (Phi) is 4.35. The summed E-state index contributed by atoms with van der Waals surface area (Å²) >= 11 is 0. The summed E-state index contributed by atoms with van der Waals surface area (Å²) in [7, 11) is -4.46. The van der Waals surface area contributed by atoms with E-state index in [1.165, 1.54) is 12.1 Å². The topological polar surface area (TPSA) is 176 Å². The van der Waals surface area contributed by atoms with Crippen LogP contribution in [0, 0.1) is 20.2 Å². The zero-order chi connectivity index (χ0) is 18.1. The van der Waals surface area contributed by atoms with E-state index in [4.69, 9.17) is 0 Å². The summed E-state index contributed by atoms with van der Waals surface area (Å²) in [6, 6.07) is 6.61. The predicted molar refractivity (Wildman–Crippen MR) is 80.6 cm³/mol. The van der Waals surface area contributed by atoms with E-state index in [0.29, 0.717) is 0 Å². The van der Waals surface area contributed by atoms with E-state index >= 15 is 0 Å². The Hall–Kier alpha value is -3.25. The highest BCUT2D eigenvalue weighted by Crippen LogP contribution is 2.36. The quantitative estimate of drug-likeness (QED) is 0.598. The molecule has 11 nitrogen and oxygen atoms in total.